The van der Waals surface area contributed by atoms with Crippen LogP contribution in [0.25, 0.3) is 11.4 Å². The maximum absolute atomic E-state index is 14.0. The Labute approximate surface area is 231 Å². The summed E-state index contributed by atoms with van der Waals surface area (Å²) in [4.78, 5) is 51.3. The van der Waals surface area contributed by atoms with Gasteiger partial charge in [0, 0.05) is 22.9 Å². The average Bonchev–Trinajstić information content (AvgIpc) is 3.46. The van der Waals surface area contributed by atoms with Gasteiger partial charge < -0.3 is 30.5 Å². The Bertz CT molecular complexity index is 1790. The molecule has 1 aliphatic heterocycles. The van der Waals surface area contributed by atoms with Crippen molar-refractivity contribution in [1.82, 2.24) is 20.2 Å². The zero-order valence-electron chi connectivity index (χ0n) is 22.1. The van der Waals surface area contributed by atoms with Gasteiger partial charge in [0.1, 0.15) is 39.7 Å². The molecule has 3 aromatic rings. The summed E-state index contributed by atoms with van der Waals surface area (Å²) >= 11 is 0. The highest BCUT2D eigenvalue weighted by Crippen LogP contribution is 2.57. The van der Waals surface area contributed by atoms with Crippen LogP contribution in [0.4, 0.5) is 5.69 Å². The van der Waals surface area contributed by atoms with Crippen LogP contribution in [0.2, 0.25) is 0 Å². The van der Waals surface area contributed by atoms with Gasteiger partial charge in [-0.2, -0.15) is 4.80 Å². The van der Waals surface area contributed by atoms with Crippen LogP contribution in [0, 0.1) is 6.92 Å². The minimum Gasteiger partial charge on any atom is -0.507 e. The summed E-state index contributed by atoms with van der Waals surface area (Å²) in [6, 6.07) is 4.21. The third-order valence-electron chi connectivity index (χ3n) is 7.07. The zero-order valence-corrected chi connectivity index (χ0v) is 22.1. The maximum atomic E-state index is 14.0. The first-order valence-corrected chi connectivity index (χ1v) is 12.2. The van der Waals surface area contributed by atoms with Crippen LogP contribution in [0.3, 0.4) is 0 Å². The van der Waals surface area contributed by atoms with Crippen molar-refractivity contribution in [3.05, 3.63) is 58.0 Å². The van der Waals surface area contributed by atoms with Gasteiger partial charge in [-0.1, -0.05) is 0 Å². The van der Waals surface area contributed by atoms with Crippen LogP contribution in [-0.4, -0.2) is 64.0 Å². The molecule has 0 fully saturated rings. The molecule has 2 heterocycles. The number of aromatic nitrogens is 4. The lowest BCUT2D eigenvalue weighted by Crippen LogP contribution is -2.40. The number of benzene rings is 2. The SMILES string of the molecule is CC(=O)c1c(O)c(C)c(O)c2c1OC1=CC(=O)/C(=C(/C)Nc3cc(-c4nnn(CC(=O)O)n4)ccc3O)C(=O)[C@@]12C. The number of fused-ring (bicyclic) bond motifs is 3. The molecule has 0 amide bonds. The van der Waals surface area contributed by atoms with Gasteiger partial charge in [0.15, 0.2) is 23.9 Å². The number of aliphatic carboxylic acids is 1. The van der Waals surface area contributed by atoms with Gasteiger partial charge in [-0.25, -0.2) is 0 Å². The van der Waals surface area contributed by atoms with Crippen molar-refractivity contribution in [3.63, 3.8) is 0 Å². The largest absolute Gasteiger partial charge is 0.507 e. The van der Waals surface area contributed by atoms with Crippen molar-refractivity contribution in [2.75, 3.05) is 5.32 Å². The van der Waals surface area contributed by atoms with Crippen molar-refractivity contribution in [1.29, 1.82) is 0 Å². The summed E-state index contributed by atoms with van der Waals surface area (Å²) in [7, 11) is 0. The van der Waals surface area contributed by atoms with Crippen LogP contribution in [0.1, 0.15) is 42.3 Å². The fourth-order valence-corrected chi connectivity index (χ4v) is 4.95. The molecule has 0 saturated carbocycles. The number of anilines is 1. The number of carboxylic acids is 1. The van der Waals surface area contributed by atoms with Crippen molar-refractivity contribution in [2.24, 2.45) is 0 Å². The number of ether oxygens (including phenoxy) is 1. The zero-order chi connectivity index (χ0) is 30.0. The number of ketones is 3. The smallest absolute Gasteiger partial charge is 0.327 e. The van der Waals surface area contributed by atoms with Gasteiger partial charge in [0.2, 0.25) is 5.82 Å². The van der Waals surface area contributed by atoms with Gasteiger partial charge in [0.25, 0.3) is 0 Å². The van der Waals surface area contributed by atoms with E-state index in [-0.39, 0.29) is 56.7 Å². The maximum Gasteiger partial charge on any atom is 0.327 e. The highest BCUT2D eigenvalue weighted by atomic mass is 16.5. The number of phenols is 3. The number of tetrazole rings is 1. The fraction of sp³-hybridized carbons (Fsp3) is 0.222. The van der Waals surface area contributed by atoms with Gasteiger partial charge in [0.05, 0.1) is 16.8 Å². The highest BCUT2D eigenvalue weighted by molar-refractivity contribution is 6.31. The lowest BCUT2D eigenvalue weighted by atomic mass is 9.70. The first kappa shape index (κ1) is 27.1. The lowest BCUT2D eigenvalue weighted by molar-refractivity contribution is -0.138. The molecule has 0 bridgehead atoms. The fourth-order valence-electron chi connectivity index (χ4n) is 4.95. The van der Waals surface area contributed by atoms with E-state index in [0.717, 1.165) is 10.9 Å². The average molecular weight is 562 g/mol. The summed E-state index contributed by atoms with van der Waals surface area (Å²) in [5.41, 5.74) is -1.81. The van der Waals surface area contributed by atoms with Crippen molar-refractivity contribution >= 4 is 29.0 Å². The van der Waals surface area contributed by atoms with Crippen molar-refractivity contribution in [2.45, 2.75) is 39.7 Å². The molecule has 0 radical (unpaired) electrons. The summed E-state index contributed by atoms with van der Waals surface area (Å²) in [5.74, 6) is -4.61. The van der Waals surface area contributed by atoms with E-state index in [0.29, 0.717) is 5.56 Å². The van der Waals surface area contributed by atoms with E-state index in [9.17, 15) is 34.5 Å². The predicted octanol–water partition coefficient (Wildman–Crippen LogP) is 2.12. The van der Waals surface area contributed by atoms with E-state index in [2.05, 4.69) is 20.7 Å². The van der Waals surface area contributed by atoms with Crippen molar-refractivity contribution in [3.8, 4) is 34.4 Å². The summed E-state index contributed by atoms with van der Waals surface area (Å²) in [6.45, 7) is 4.96. The molecular weight excluding hydrogens is 538 g/mol. The van der Waals surface area contributed by atoms with Crippen LogP contribution >= 0.6 is 0 Å². The number of nitrogens with one attached hydrogen (secondary N) is 1. The molecule has 41 heavy (non-hydrogen) atoms. The second-order valence-electron chi connectivity index (χ2n) is 9.78. The number of phenolic OH excluding ortho intramolecular Hbond substituents is 3. The second kappa shape index (κ2) is 9.29. The normalized spacial score (nSPS) is 18.8. The molecule has 210 valence electrons. The number of hydrogen-bond donors (Lipinski definition) is 5. The monoisotopic (exact) mass is 561 g/mol. The summed E-state index contributed by atoms with van der Waals surface area (Å²) < 4.78 is 5.76. The molecule has 0 unspecified atom stereocenters. The molecule has 5 rings (SSSR count). The molecule has 1 aliphatic carbocycles. The van der Waals surface area contributed by atoms with E-state index in [1.807, 2.05) is 0 Å². The quantitative estimate of drug-likeness (QED) is 0.126. The highest BCUT2D eigenvalue weighted by Gasteiger charge is 2.56. The van der Waals surface area contributed by atoms with E-state index in [4.69, 9.17) is 9.84 Å². The predicted molar refractivity (Wildman–Crippen MR) is 139 cm³/mol. The molecule has 14 heteroatoms. The third kappa shape index (κ3) is 4.07. The number of hydrogen-bond acceptors (Lipinski definition) is 12. The number of rotatable bonds is 6. The Morgan fingerprint density at radius 1 is 1.12 bits per heavy atom. The molecule has 0 saturated heterocycles. The molecule has 5 N–H and O–H groups in total. The van der Waals surface area contributed by atoms with Crippen LogP contribution < -0.4 is 10.1 Å². The van der Waals surface area contributed by atoms with Crippen LogP contribution in [0.15, 0.2) is 41.3 Å². The molecule has 1 aromatic heterocycles. The van der Waals surface area contributed by atoms with E-state index in [1.165, 1.54) is 45.9 Å². The molecular formula is C27H23N5O9. The number of carbonyl (C=O) groups is 4. The number of Topliss-reactive ketones (excluding diaryl/α,β-unsaturated/α-hetero) is 2. The Morgan fingerprint density at radius 3 is 2.49 bits per heavy atom. The first-order chi connectivity index (χ1) is 19.2. The van der Waals surface area contributed by atoms with Gasteiger partial charge in [-0.3, -0.25) is 19.2 Å². The number of allylic oxidation sites excluding steroid dienone is 4. The number of aromatic hydroxyl groups is 3. The summed E-state index contributed by atoms with van der Waals surface area (Å²) in [6.07, 6.45) is 1.08. The first-order valence-electron chi connectivity index (χ1n) is 12.2. The van der Waals surface area contributed by atoms with Crippen molar-refractivity contribution < 1.29 is 44.3 Å². The molecule has 2 aromatic carbocycles. The van der Waals surface area contributed by atoms with E-state index in [1.54, 1.807) is 0 Å². The Morgan fingerprint density at radius 2 is 1.83 bits per heavy atom. The molecule has 1 atom stereocenters. The van der Waals surface area contributed by atoms with Gasteiger partial charge >= 0.3 is 5.97 Å². The second-order valence-corrected chi connectivity index (χ2v) is 9.78. The number of carbonyl (C=O) groups excluding carboxylic acids is 3. The van der Waals surface area contributed by atoms with Crippen LogP contribution in [-0.2, 0) is 26.3 Å². The van der Waals surface area contributed by atoms with E-state index < -0.39 is 46.8 Å². The Balaban J connectivity index is 1.57. The lowest BCUT2D eigenvalue weighted by Gasteiger charge is -2.29. The minimum absolute atomic E-state index is 0.0271. The Kier molecular flexibility index (Phi) is 6.13. The molecule has 14 nitrogen and oxygen atoms in total. The molecule has 0 spiro atoms. The van der Waals surface area contributed by atoms with Gasteiger partial charge in [-0.15, -0.1) is 10.2 Å². The van der Waals surface area contributed by atoms with Crippen LogP contribution in [0.5, 0.6) is 23.0 Å². The van der Waals surface area contributed by atoms with Gasteiger partial charge in [-0.05, 0) is 51.1 Å². The topological polar surface area (TPSA) is 214 Å². The molecule has 2 aliphatic rings. The third-order valence-corrected chi connectivity index (χ3v) is 7.07. The Hall–Kier alpha value is -5.53. The minimum atomic E-state index is -1.70. The number of nitrogens with zero attached hydrogens (tertiary/aromatic N) is 4. The van der Waals surface area contributed by atoms with E-state index >= 15 is 0 Å². The standard InChI is InChI=1S/C27H23N5O9/c1-10-22(38)20(12(3)33)24-21(23(10)39)27(4)17(41-24)8-16(35)19(25(27)40)11(2)28-14-7-13(5-6-15(14)34)26-29-31-32(30-26)9-18(36)37/h5-8,28,34,38-39H,9H2,1-4H3,(H,36,37)/b19-11+/t27-/m0/s1. The summed E-state index contributed by atoms with van der Waals surface area (Å²) in [5, 5.41) is 55.2. The number of carboxylic acid groups (broad SMARTS) is 1.